The Morgan fingerprint density at radius 3 is 2.56 bits per heavy atom. The predicted molar refractivity (Wildman–Crippen MR) is 74.1 cm³/mol. The summed E-state index contributed by atoms with van der Waals surface area (Å²) >= 11 is 3.23. The monoisotopic (exact) mass is 314 g/mol. The van der Waals surface area contributed by atoms with Gasteiger partial charge in [0.2, 0.25) is 5.91 Å². The van der Waals surface area contributed by atoms with E-state index in [1.165, 1.54) is 6.07 Å². The first kappa shape index (κ1) is 14.6. The Labute approximate surface area is 114 Å². The summed E-state index contributed by atoms with van der Waals surface area (Å²) < 4.78 is -0.717. The Hall–Kier alpha value is -1.43. The van der Waals surface area contributed by atoms with Crippen molar-refractivity contribution in [1.29, 1.82) is 0 Å². The highest BCUT2D eigenvalue weighted by Crippen LogP contribution is 2.25. The Balaban J connectivity index is 3.03. The van der Waals surface area contributed by atoms with Crippen molar-refractivity contribution in [3.63, 3.8) is 0 Å². The van der Waals surface area contributed by atoms with Crippen molar-refractivity contribution >= 4 is 33.2 Å². The molecule has 0 bridgehead atoms. The van der Waals surface area contributed by atoms with Gasteiger partial charge in [0.1, 0.15) is 0 Å². The number of carbonyl (C=O) groups excluding carboxylic acids is 1. The first-order chi connectivity index (χ1) is 8.25. The molecule has 1 rings (SSSR count). The van der Waals surface area contributed by atoms with Crippen LogP contribution in [0.15, 0.2) is 18.2 Å². The van der Waals surface area contributed by atoms with Gasteiger partial charge in [-0.1, -0.05) is 28.9 Å². The second-order valence-corrected chi connectivity index (χ2v) is 6.36. The van der Waals surface area contributed by atoms with E-state index >= 15 is 0 Å². The SMILES string of the molecule is CCc1ccc(NC(=O)C(C)(C)Br)cc1[N+](=O)[O-]. The summed E-state index contributed by atoms with van der Waals surface area (Å²) in [5, 5.41) is 13.5. The van der Waals surface area contributed by atoms with Crippen molar-refractivity contribution in [1.82, 2.24) is 0 Å². The molecule has 1 amide bonds. The maximum Gasteiger partial charge on any atom is 0.274 e. The standard InChI is InChI=1S/C12H15BrN2O3/c1-4-8-5-6-9(7-10(8)15(17)18)14-11(16)12(2,3)13/h5-7H,4H2,1-3H3,(H,14,16). The predicted octanol–water partition coefficient (Wildman–Crippen LogP) is 3.27. The van der Waals surface area contributed by atoms with Crippen LogP contribution in [0.4, 0.5) is 11.4 Å². The van der Waals surface area contributed by atoms with Crippen LogP contribution in [-0.4, -0.2) is 15.2 Å². The van der Waals surface area contributed by atoms with Crippen molar-refractivity contribution in [3.8, 4) is 0 Å². The molecule has 0 aliphatic rings. The third-order valence-corrected chi connectivity index (χ3v) is 2.82. The molecule has 0 spiro atoms. The zero-order valence-corrected chi connectivity index (χ0v) is 12.1. The van der Waals surface area contributed by atoms with Crippen molar-refractivity contribution in [2.24, 2.45) is 0 Å². The van der Waals surface area contributed by atoms with Gasteiger partial charge in [0.25, 0.3) is 5.69 Å². The number of hydrogen-bond donors (Lipinski definition) is 1. The number of rotatable bonds is 4. The Morgan fingerprint density at radius 2 is 2.11 bits per heavy atom. The zero-order valence-electron chi connectivity index (χ0n) is 10.5. The number of benzene rings is 1. The molecule has 0 radical (unpaired) electrons. The molecule has 1 aromatic carbocycles. The largest absolute Gasteiger partial charge is 0.325 e. The van der Waals surface area contributed by atoms with Crippen LogP contribution >= 0.6 is 15.9 Å². The summed E-state index contributed by atoms with van der Waals surface area (Å²) in [5.41, 5.74) is 1.11. The van der Waals surface area contributed by atoms with Crippen LogP contribution in [0.1, 0.15) is 26.3 Å². The van der Waals surface area contributed by atoms with Crippen molar-refractivity contribution in [3.05, 3.63) is 33.9 Å². The van der Waals surface area contributed by atoms with Crippen molar-refractivity contribution in [2.45, 2.75) is 31.5 Å². The van der Waals surface area contributed by atoms with Crippen LogP contribution in [0.5, 0.6) is 0 Å². The van der Waals surface area contributed by atoms with Crippen LogP contribution in [0.3, 0.4) is 0 Å². The Kier molecular flexibility index (Phi) is 4.45. The molecule has 5 nitrogen and oxygen atoms in total. The van der Waals surface area contributed by atoms with Crippen molar-refractivity contribution in [2.75, 3.05) is 5.32 Å². The minimum Gasteiger partial charge on any atom is -0.325 e. The molecule has 0 saturated heterocycles. The summed E-state index contributed by atoms with van der Waals surface area (Å²) in [5.74, 6) is -0.249. The molecule has 0 fully saturated rings. The average molecular weight is 315 g/mol. The fraction of sp³-hybridized carbons (Fsp3) is 0.417. The van der Waals surface area contributed by atoms with Gasteiger partial charge in [-0.2, -0.15) is 0 Å². The second-order valence-electron chi connectivity index (χ2n) is 4.38. The highest BCUT2D eigenvalue weighted by Gasteiger charge is 2.24. The first-order valence-corrected chi connectivity index (χ1v) is 6.32. The van der Waals surface area contributed by atoms with Gasteiger partial charge < -0.3 is 5.32 Å². The number of halogens is 1. The van der Waals surface area contributed by atoms with Crippen molar-refractivity contribution < 1.29 is 9.72 Å². The average Bonchev–Trinajstić information content (AvgIpc) is 2.27. The van der Waals surface area contributed by atoms with E-state index < -0.39 is 9.25 Å². The molecule has 1 aromatic rings. The van der Waals surface area contributed by atoms with Crippen LogP contribution in [0, 0.1) is 10.1 Å². The lowest BCUT2D eigenvalue weighted by Gasteiger charge is -2.16. The third-order valence-electron chi connectivity index (χ3n) is 2.46. The van der Waals surface area contributed by atoms with E-state index in [0.717, 1.165) is 0 Å². The minimum absolute atomic E-state index is 0.0303. The van der Waals surface area contributed by atoms with E-state index in [1.54, 1.807) is 26.0 Å². The van der Waals surface area contributed by atoms with Gasteiger partial charge in [0, 0.05) is 17.3 Å². The molecule has 0 atom stereocenters. The van der Waals surface area contributed by atoms with Gasteiger partial charge in [-0.25, -0.2) is 0 Å². The maximum absolute atomic E-state index is 11.7. The minimum atomic E-state index is -0.717. The van der Waals surface area contributed by atoms with Crippen LogP contribution < -0.4 is 5.32 Å². The highest BCUT2D eigenvalue weighted by atomic mass is 79.9. The van der Waals surface area contributed by atoms with E-state index in [-0.39, 0.29) is 11.6 Å². The number of anilines is 1. The fourth-order valence-corrected chi connectivity index (χ4v) is 1.49. The molecule has 98 valence electrons. The lowest BCUT2D eigenvalue weighted by Crippen LogP contribution is -2.30. The smallest absolute Gasteiger partial charge is 0.274 e. The van der Waals surface area contributed by atoms with Crippen LogP contribution in [0.2, 0.25) is 0 Å². The quantitative estimate of drug-likeness (QED) is 0.526. The molecule has 1 N–H and O–H groups in total. The summed E-state index contributed by atoms with van der Waals surface area (Å²) in [6.07, 6.45) is 0.578. The number of nitrogens with one attached hydrogen (secondary N) is 1. The molecular weight excluding hydrogens is 300 g/mol. The first-order valence-electron chi connectivity index (χ1n) is 5.53. The van der Waals surface area contributed by atoms with Gasteiger partial charge in [-0.15, -0.1) is 0 Å². The van der Waals surface area contributed by atoms with Crippen LogP contribution in [-0.2, 0) is 11.2 Å². The number of amides is 1. The normalized spacial score (nSPS) is 11.1. The van der Waals surface area contributed by atoms with Crippen LogP contribution in [0.25, 0.3) is 0 Å². The second kappa shape index (κ2) is 5.48. The molecule has 0 aliphatic carbocycles. The molecule has 0 unspecified atom stereocenters. The third kappa shape index (κ3) is 3.53. The number of nitro groups is 1. The molecule has 0 aliphatic heterocycles. The maximum atomic E-state index is 11.7. The summed E-state index contributed by atoms with van der Waals surface area (Å²) in [6.45, 7) is 5.26. The number of hydrogen-bond acceptors (Lipinski definition) is 3. The van der Waals surface area contributed by atoms with E-state index in [0.29, 0.717) is 17.7 Å². The van der Waals surface area contributed by atoms with Gasteiger partial charge in [-0.3, -0.25) is 14.9 Å². The zero-order chi connectivity index (χ0) is 13.9. The number of nitrogens with zero attached hydrogens (tertiary/aromatic N) is 1. The van der Waals surface area contributed by atoms with Gasteiger partial charge in [0.15, 0.2) is 0 Å². The lowest BCUT2D eigenvalue weighted by atomic mass is 10.1. The number of alkyl halides is 1. The molecule has 0 aromatic heterocycles. The number of nitro benzene ring substituents is 1. The van der Waals surface area contributed by atoms with E-state index in [4.69, 9.17) is 0 Å². The van der Waals surface area contributed by atoms with E-state index in [1.807, 2.05) is 6.92 Å². The topological polar surface area (TPSA) is 72.2 Å². The van der Waals surface area contributed by atoms with Gasteiger partial charge in [-0.05, 0) is 26.3 Å². The van der Waals surface area contributed by atoms with E-state index in [2.05, 4.69) is 21.2 Å². The lowest BCUT2D eigenvalue weighted by molar-refractivity contribution is -0.385. The highest BCUT2D eigenvalue weighted by molar-refractivity contribution is 9.10. The Bertz CT molecular complexity index is 481. The van der Waals surface area contributed by atoms with E-state index in [9.17, 15) is 14.9 Å². The molecular formula is C12H15BrN2O3. The molecule has 0 saturated carbocycles. The molecule has 18 heavy (non-hydrogen) atoms. The number of aryl methyl sites for hydroxylation is 1. The fourth-order valence-electron chi connectivity index (χ4n) is 1.39. The summed E-state index contributed by atoms with van der Waals surface area (Å²) in [7, 11) is 0. The van der Waals surface area contributed by atoms with Gasteiger partial charge in [0.05, 0.1) is 9.25 Å². The van der Waals surface area contributed by atoms with Gasteiger partial charge >= 0.3 is 0 Å². The molecule has 6 heteroatoms. The summed E-state index contributed by atoms with van der Waals surface area (Å²) in [4.78, 5) is 22.2. The number of carbonyl (C=O) groups is 1. The summed E-state index contributed by atoms with van der Waals surface area (Å²) in [6, 6.07) is 4.72. The Morgan fingerprint density at radius 1 is 1.50 bits per heavy atom. The molecule has 0 heterocycles.